The van der Waals surface area contributed by atoms with Gasteiger partial charge in [-0.15, -0.1) is 0 Å². The Bertz CT molecular complexity index is 838. The Morgan fingerprint density at radius 1 is 1.38 bits per heavy atom. The van der Waals surface area contributed by atoms with E-state index < -0.39 is 22.7 Å². The number of halogens is 1. The number of carboxylic acid groups (broad SMARTS) is 1. The number of rotatable bonds is 5. The summed E-state index contributed by atoms with van der Waals surface area (Å²) in [5.41, 5.74) is 5.10. The summed E-state index contributed by atoms with van der Waals surface area (Å²) in [6, 6.07) is 6.06. The van der Waals surface area contributed by atoms with Crippen molar-refractivity contribution in [2.24, 2.45) is 0 Å². The molecule has 126 valence electrons. The number of thioether (sulfide) groups is 1. The lowest BCUT2D eigenvalue weighted by Gasteiger charge is -2.09. The molecule has 0 spiro atoms. The van der Waals surface area contributed by atoms with Crippen LogP contribution in [0.2, 0.25) is 5.02 Å². The summed E-state index contributed by atoms with van der Waals surface area (Å²) in [6.45, 7) is 1.44. The number of aromatic amines is 1. The Labute approximate surface area is 145 Å². The number of anilines is 2. The Kier molecular flexibility index (Phi) is 5.47. The van der Waals surface area contributed by atoms with Crippen molar-refractivity contribution >= 4 is 46.7 Å². The molecule has 0 fully saturated rings. The first kappa shape index (κ1) is 17.8. The fourth-order valence-electron chi connectivity index (χ4n) is 1.65. The van der Waals surface area contributed by atoms with E-state index in [1.807, 2.05) is 0 Å². The predicted octanol–water partition coefficient (Wildman–Crippen LogP) is 1.82. The third-order valence-electron chi connectivity index (χ3n) is 2.91. The zero-order valence-electron chi connectivity index (χ0n) is 12.4. The summed E-state index contributed by atoms with van der Waals surface area (Å²) in [5.74, 6) is -1.81. The number of carbonyl (C=O) groups excluding carboxylic acids is 1. The number of amides is 1. The van der Waals surface area contributed by atoms with Crippen molar-refractivity contribution in [3.05, 3.63) is 45.2 Å². The first-order valence-electron chi connectivity index (χ1n) is 6.64. The number of nitrogens with two attached hydrogens (primary N) is 1. The molecule has 1 heterocycles. The van der Waals surface area contributed by atoms with Crippen molar-refractivity contribution in [3.8, 4) is 0 Å². The third-order valence-corrected chi connectivity index (χ3v) is 4.13. The van der Waals surface area contributed by atoms with Gasteiger partial charge in [-0.3, -0.25) is 19.4 Å². The number of aromatic nitrogens is 2. The molecule has 0 radical (unpaired) electrons. The molecule has 2 aromatic rings. The van der Waals surface area contributed by atoms with Gasteiger partial charge >= 0.3 is 5.97 Å². The van der Waals surface area contributed by atoms with E-state index in [2.05, 4.69) is 15.3 Å². The highest BCUT2D eigenvalue weighted by Crippen LogP contribution is 2.21. The molecule has 0 saturated carbocycles. The number of hydrogen-bond acceptors (Lipinski definition) is 6. The maximum absolute atomic E-state index is 12.1. The second-order valence-corrected chi connectivity index (χ2v) is 6.46. The van der Waals surface area contributed by atoms with E-state index in [1.54, 1.807) is 0 Å². The van der Waals surface area contributed by atoms with E-state index in [4.69, 9.17) is 22.4 Å². The molecule has 1 atom stereocenters. The molecule has 0 unspecified atom stereocenters. The largest absolute Gasteiger partial charge is 0.480 e. The molecule has 0 aliphatic carbocycles. The minimum atomic E-state index is -1.05. The number of aliphatic carboxylic acids is 1. The maximum atomic E-state index is 12.1. The van der Waals surface area contributed by atoms with E-state index in [-0.39, 0.29) is 22.2 Å². The van der Waals surface area contributed by atoms with Crippen LogP contribution in [0.3, 0.4) is 0 Å². The molecule has 0 aliphatic rings. The molecule has 0 saturated heterocycles. The van der Waals surface area contributed by atoms with Gasteiger partial charge in [0.1, 0.15) is 10.9 Å². The second-order valence-electron chi connectivity index (χ2n) is 4.69. The lowest BCUT2D eigenvalue weighted by atomic mass is 10.2. The normalized spacial score (nSPS) is 11.8. The number of hydrogen-bond donors (Lipinski definition) is 4. The second kappa shape index (κ2) is 7.37. The summed E-state index contributed by atoms with van der Waals surface area (Å²) in [4.78, 5) is 41.3. The summed E-state index contributed by atoms with van der Waals surface area (Å²) in [7, 11) is 0. The van der Waals surface area contributed by atoms with Gasteiger partial charge in [-0.05, 0) is 31.2 Å². The van der Waals surface area contributed by atoms with Crippen LogP contribution in [0.1, 0.15) is 17.3 Å². The summed E-state index contributed by atoms with van der Waals surface area (Å²) in [6.07, 6.45) is 0. The highest BCUT2D eigenvalue weighted by Gasteiger charge is 2.18. The summed E-state index contributed by atoms with van der Waals surface area (Å²) in [5, 5.41) is 10.9. The van der Waals surface area contributed by atoms with E-state index in [1.165, 1.54) is 31.2 Å². The van der Waals surface area contributed by atoms with Gasteiger partial charge in [-0.2, -0.15) is 0 Å². The van der Waals surface area contributed by atoms with Crippen molar-refractivity contribution in [1.82, 2.24) is 9.97 Å². The molecular weight excluding hydrogens is 356 g/mol. The monoisotopic (exact) mass is 368 g/mol. The number of benzene rings is 1. The fourth-order valence-corrected chi connectivity index (χ4v) is 2.51. The smallest absolute Gasteiger partial charge is 0.316 e. The molecule has 0 aliphatic heterocycles. The molecular formula is C14H13ClN4O4S. The van der Waals surface area contributed by atoms with Gasteiger partial charge in [0, 0.05) is 10.6 Å². The van der Waals surface area contributed by atoms with Crippen LogP contribution in [-0.4, -0.2) is 32.2 Å². The van der Waals surface area contributed by atoms with Gasteiger partial charge in [0.15, 0.2) is 11.0 Å². The Balaban J connectivity index is 2.22. The van der Waals surface area contributed by atoms with E-state index >= 15 is 0 Å². The van der Waals surface area contributed by atoms with E-state index in [0.717, 1.165) is 11.8 Å². The van der Waals surface area contributed by atoms with Crippen molar-refractivity contribution in [2.45, 2.75) is 17.3 Å². The number of nitrogen functional groups attached to an aromatic ring is 1. The molecule has 10 heteroatoms. The lowest BCUT2D eigenvalue weighted by molar-refractivity contribution is -0.136. The predicted molar refractivity (Wildman–Crippen MR) is 91.6 cm³/mol. The standard InChI is InChI=1S/C14H13ClN4O4S/c1-6(13(22)23)24-14-18-10(16)9(12(21)19-14)17-11(20)7-2-4-8(15)5-3-7/h2-6H,1H3,(H,17,20)(H,22,23)(H3,16,18,19,21)/t6-/m0/s1. The molecule has 1 amide bonds. The van der Waals surface area contributed by atoms with Crippen LogP contribution >= 0.6 is 23.4 Å². The topological polar surface area (TPSA) is 138 Å². The average Bonchev–Trinajstić information content (AvgIpc) is 2.51. The Morgan fingerprint density at radius 3 is 2.54 bits per heavy atom. The van der Waals surface area contributed by atoms with Gasteiger partial charge in [0.05, 0.1) is 0 Å². The Hall–Kier alpha value is -2.52. The van der Waals surface area contributed by atoms with Gasteiger partial charge in [0.2, 0.25) is 0 Å². The third kappa shape index (κ3) is 4.27. The number of nitrogens with zero attached hydrogens (tertiary/aromatic N) is 1. The van der Waals surface area contributed by atoms with Crippen LogP contribution in [0.4, 0.5) is 11.5 Å². The zero-order chi connectivity index (χ0) is 17.9. The average molecular weight is 369 g/mol. The van der Waals surface area contributed by atoms with Gasteiger partial charge < -0.3 is 16.2 Å². The molecule has 1 aromatic heterocycles. The summed E-state index contributed by atoms with van der Waals surface area (Å²) < 4.78 is 0. The number of H-pyrrole nitrogens is 1. The number of carboxylic acids is 1. The molecule has 1 aromatic carbocycles. The quantitative estimate of drug-likeness (QED) is 0.466. The van der Waals surface area contributed by atoms with Gasteiger partial charge in [0.25, 0.3) is 11.5 Å². The van der Waals surface area contributed by atoms with Crippen molar-refractivity contribution in [2.75, 3.05) is 11.1 Å². The van der Waals surface area contributed by atoms with Crippen molar-refractivity contribution < 1.29 is 14.7 Å². The molecule has 0 bridgehead atoms. The first-order chi connectivity index (χ1) is 11.3. The maximum Gasteiger partial charge on any atom is 0.316 e. The minimum Gasteiger partial charge on any atom is -0.480 e. The van der Waals surface area contributed by atoms with Crippen LogP contribution in [-0.2, 0) is 4.79 Å². The van der Waals surface area contributed by atoms with Crippen molar-refractivity contribution in [3.63, 3.8) is 0 Å². The SMILES string of the molecule is C[C@H](Sc1nc(N)c(NC(=O)c2ccc(Cl)cc2)c(=O)[nH]1)C(=O)O. The van der Waals surface area contributed by atoms with E-state index in [9.17, 15) is 14.4 Å². The van der Waals surface area contributed by atoms with Crippen LogP contribution in [0.15, 0.2) is 34.2 Å². The lowest BCUT2D eigenvalue weighted by Crippen LogP contribution is -2.23. The summed E-state index contributed by atoms with van der Waals surface area (Å²) >= 11 is 6.58. The fraction of sp³-hybridized carbons (Fsp3) is 0.143. The van der Waals surface area contributed by atoms with Crippen LogP contribution in [0, 0.1) is 0 Å². The van der Waals surface area contributed by atoms with E-state index in [0.29, 0.717) is 5.02 Å². The highest BCUT2D eigenvalue weighted by molar-refractivity contribution is 8.00. The first-order valence-corrected chi connectivity index (χ1v) is 7.90. The zero-order valence-corrected chi connectivity index (χ0v) is 13.9. The molecule has 2 rings (SSSR count). The van der Waals surface area contributed by atoms with Crippen LogP contribution in [0.5, 0.6) is 0 Å². The van der Waals surface area contributed by atoms with Crippen LogP contribution < -0.4 is 16.6 Å². The molecule has 5 N–H and O–H groups in total. The Morgan fingerprint density at radius 2 is 2.00 bits per heavy atom. The van der Waals surface area contributed by atoms with Gasteiger partial charge in [-0.25, -0.2) is 4.98 Å². The highest BCUT2D eigenvalue weighted by atomic mass is 35.5. The van der Waals surface area contributed by atoms with Crippen molar-refractivity contribution in [1.29, 1.82) is 0 Å². The van der Waals surface area contributed by atoms with Gasteiger partial charge in [-0.1, -0.05) is 23.4 Å². The minimum absolute atomic E-state index is 0.0527. The number of carbonyl (C=O) groups is 2. The van der Waals surface area contributed by atoms with Crippen LogP contribution in [0.25, 0.3) is 0 Å². The molecule has 24 heavy (non-hydrogen) atoms. The number of nitrogens with one attached hydrogen (secondary N) is 2. The molecule has 8 nitrogen and oxygen atoms in total.